The molecule has 3 N–H and O–H groups in total. The van der Waals surface area contributed by atoms with Gasteiger partial charge < -0.3 is 20.3 Å². The first kappa shape index (κ1) is 13.4. The summed E-state index contributed by atoms with van der Waals surface area (Å²) in [5.74, 6) is -0.120. The third-order valence-electron chi connectivity index (χ3n) is 2.53. The largest absolute Gasteiger partial charge is 0.389 e. The maximum atomic E-state index is 11.5. The van der Waals surface area contributed by atoms with Crippen LogP contribution in [-0.4, -0.2) is 72.6 Å². The lowest BCUT2D eigenvalue weighted by molar-refractivity contribution is -0.123. The highest BCUT2D eigenvalue weighted by molar-refractivity contribution is 5.78. The first-order chi connectivity index (χ1) is 7.52. The summed E-state index contributed by atoms with van der Waals surface area (Å²) < 4.78 is 4.90. The van der Waals surface area contributed by atoms with Gasteiger partial charge in [0.15, 0.2) is 0 Å². The Morgan fingerprint density at radius 2 is 2.06 bits per heavy atom. The Morgan fingerprint density at radius 1 is 1.50 bits per heavy atom. The molecule has 94 valence electrons. The Labute approximate surface area is 95.2 Å². The summed E-state index contributed by atoms with van der Waals surface area (Å²) in [6.07, 6.45) is -1.49. The quantitative estimate of drug-likeness (QED) is 0.520. The fourth-order valence-corrected chi connectivity index (χ4v) is 1.79. The predicted molar refractivity (Wildman–Crippen MR) is 57.9 cm³/mol. The normalized spacial score (nSPS) is 28.0. The van der Waals surface area contributed by atoms with Crippen molar-refractivity contribution in [2.75, 3.05) is 33.4 Å². The van der Waals surface area contributed by atoms with Crippen molar-refractivity contribution in [3.63, 3.8) is 0 Å². The second-order valence-corrected chi connectivity index (χ2v) is 4.25. The molecule has 6 heteroatoms. The van der Waals surface area contributed by atoms with E-state index in [4.69, 9.17) is 4.74 Å². The number of likely N-dealkylation sites (tertiary alicyclic amines) is 1. The second kappa shape index (κ2) is 6.15. The summed E-state index contributed by atoms with van der Waals surface area (Å²) in [6, 6.07) is -0.0325. The van der Waals surface area contributed by atoms with Gasteiger partial charge in [0.1, 0.15) is 0 Å². The van der Waals surface area contributed by atoms with Crippen molar-refractivity contribution >= 4 is 5.91 Å². The van der Waals surface area contributed by atoms with Crippen LogP contribution in [0.15, 0.2) is 0 Å². The molecule has 0 aliphatic carbocycles. The van der Waals surface area contributed by atoms with Crippen molar-refractivity contribution < 1.29 is 19.7 Å². The van der Waals surface area contributed by atoms with Crippen LogP contribution in [0.1, 0.15) is 6.92 Å². The van der Waals surface area contributed by atoms with Crippen molar-refractivity contribution in [1.82, 2.24) is 10.2 Å². The summed E-state index contributed by atoms with van der Waals surface area (Å²) in [6.45, 7) is 3.20. The van der Waals surface area contributed by atoms with E-state index in [0.717, 1.165) is 0 Å². The molecule has 0 bridgehead atoms. The summed E-state index contributed by atoms with van der Waals surface area (Å²) in [5, 5.41) is 21.4. The Bertz CT molecular complexity index is 227. The molecule has 0 saturated carbocycles. The number of methoxy groups -OCH3 is 1. The number of hydrogen-bond donors (Lipinski definition) is 3. The molecule has 0 aromatic heterocycles. The van der Waals surface area contributed by atoms with Gasteiger partial charge >= 0.3 is 0 Å². The zero-order valence-electron chi connectivity index (χ0n) is 9.72. The Hall–Kier alpha value is -0.690. The SMILES string of the molecule is COCC(C)NC(=O)CN1C[C@@H](O)[C@@H](O)C1. The van der Waals surface area contributed by atoms with Crippen molar-refractivity contribution in [2.24, 2.45) is 0 Å². The molecule has 1 heterocycles. The van der Waals surface area contributed by atoms with Crippen LogP contribution < -0.4 is 5.32 Å². The van der Waals surface area contributed by atoms with Crippen LogP contribution in [0.25, 0.3) is 0 Å². The van der Waals surface area contributed by atoms with Crippen LogP contribution in [0.5, 0.6) is 0 Å². The minimum Gasteiger partial charge on any atom is -0.389 e. The number of hydrogen-bond acceptors (Lipinski definition) is 5. The minimum atomic E-state index is -0.746. The molecule has 6 nitrogen and oxygen atoms in total. The van der Waals surface area contributed by atoms with E-state index in [-0.39, 0.29) is 18.5 Å². The summed E-state index contributed by atoms with van der Waals surface area (Å²) >= 11 is 0. The molecule has 0 radical (unpaired) electrons. The molecule has 0 spiro atoms. The highest BCUT2D eigenvalue weighted by atomic mass is 16.5. The third-order valence-corrected chi connectivity index (χ3v) is 2.53. The molecule has 1 unspecified atom stereocenters. The molecular weight excluding hydrogens is 212 g/mol. The van der Waals surface area contributed by atoms with E-state index in [1.54, 1.807) is 12.0 Å². The molecule has 1 saturated heterocycles. The summed E-state index contributed by atoms with van der Waals surface area (Å²) in [4.78, 5) is 13.3. The van der Waals surface area contributed by atoms with Gasteiger partial charge in [-0.2, -0.15) is 0 Å². The second-order valence-electron chi connectivity index (χ2n) is 4.25. The van der Waals surface area contributed by atoms with Gasteiger partial charge in [0.2, 0.25) is 5.91 Å². The lowest BCUT2D eigenvalue weighted by Gasteiger charge is -2.17. The molecule has 3 atom stereocenters. The molecule has 1 fully saturated rings. The molecule has 1 amide bonds. The molecule has 1 aliphatic heterocycles. The number of nitrogens with one attached hydrogen (secondary N) is 1. The van der Waals surface area contributed by atoms with Crippen LogP contribution in [0, 0.1) is 0 Å². The van der Waals surface area contributed by atoms with Gasteiger partial charge in [0, 0.05) is 26.2 Å². The number of β-amino-alcohol motifs (C(OH)–C–C–N with tert-alkyl or cyclic N) is 2. The molecule has 1 aliphatic rings. The standard InChI is InChI=1S/C10H20N2O4/c1-7(6-16-2)11-10(15)5-12-3-8(13)9(14)4-12/h7-9,13-14H,3-6H2,1-2H3,(H,11,15)/t7?,8-,9+. The topological polar surface area (TPSA) is 82.0 Å². The smallest absolute Gasteiger partial charge is 0.234 e. The van der Waals surface area contributed by atoms with Gasteiger partial charge in [-0.3, -0.25) is 9.69 Å². The number of amides is 1. The number of aliphatic hydroxyl groups excluding tert-OH is 2. The molecular formula is C10H20N2O4. The third kappa shape index (κ3) is 4.05. The van der Waals surface area contributed by atoms with Crippen molar-refractivity contribution in [2.45, 2.75) is 25.2 Å². The summed E-state index contributed by atoms with van der Waals surface area (Å²) in [5.41, 5.74) is 0. The van der Waals surface area contributed by atoms with Gasteiger partial charge in [-0.25, -0.2) is 0 Å². The fraction of sp³-hybridized carbons (Fsp3) is 0.900. The van der Waals surface area contributed by atoms with Gasteiger partial charge in [0.25, 0.3) is 0 Å². The summed E-state index contributed by atoms with van der Waals surface area (Å²) in [7, 11) is 1.58. The van der Waals surface area contributed by atoms with Gasteiger partial charge in [-0.05, 0) is 6.92 Å². The molecule has 0 aromatic rings. The van der Waals surface area contributed by atoms with E-state index in [2.05, 4.69) is 5.32 Å². The first-order valence-electron chi connectivity index (χ1n) is 5.39. The lowest BCUT2D eigenvalue weighted by atomic mass is 10.3. The van der Waals surface area contributed by atoms with Crippen LogP contribution in [0.4, 0.5) is 0 Å². The van der Waals surface area contributed by atoms with Crippen molar-refractivity contribution in [3.05, 3.63) is 0 Å². The van der Waals surface area contributed by atoms with Crippen LogP contribution in [0.2, 0.25) is 0 Å². The highest BCUT2D eigenvalue weighted by Crippen LogP contribution is 2.08. The Balaban J connectivity index is 2.24. The Kier molecular flexibility index (Phi) is 5.14. The maximum Gasteiger partial charge on any atom is 0.234 e. The van der Waals surface area contributed by atoms with E-state index in [9.17, 15) is 15.0 Å². The fourth-order valence-electron chi connectivity index (χ4n) is 1.79. The number of nitrogens with zero attached hydrogens (tertiary/aromatic N) is 1. The van der Waals surface area contributed by atoms with E-state index < -0.39 is 12.2 Å². The molecule has 16 heavy (non-hydrogen) atoms. The zero-order chi connectivity index (χ0) is 12.1. The highest BCUT2D eigenvalue weighted by Gasteiger charge is 2.30. The number of rotatable bonds is 5. The van der Waals surface area contributed by atoms with E-state index in [0.29, 0.717) is 19.7 Å². The predicted octanol–water partition coefficient (Wildman–Crippen LogP) is -1.83. The van der Waals surface area contributed by atoms with Gasteiger partial charge in [0.05, 0.1) is 25.4 Å². The molecule has 1 rings (SSSR count). The monoisotopic (exact) mass is 232 g/mol. The number of aliphatic hydroxyl groups is 2. The van der Waals surface area contributed by atoms with E-state index >= 15 is 0 Å². The number of carbonyl (C=O) groups excluding carboxylic acids is 1. The average Bonchev–Trinajstić information content (AvgIpc) is 2.45. The van der Waals surface area contributed by atoms with E-state index in [1.165, 1.54) is 0 Å². The van der Waals surface area contributed by atoms with Crippen molar-refractivity contribution in [3.8, 4) is 0 Å². The van der Waals surface area contributed by atoms with E-state index in [1.807, 2.05) is 6.92 Å². The lowest BCUT2D eigenvalue weighted by Crippen LogP contribution is -2.42. The minimum absolute atomic E-state index is 0.0325. The van der Waals surface area contributed by atoms with Crippen LogP contribution >= 0.6 is 0 Å². The number of carbonyl (C=O) groups is 1. The zero-order valence-corrected chi connectivity index (χ0v) is 9.72. The first-order valence-corrected chi connectivity index (χ1v) is 5.39. The Morgan fingerprint density at radius 3 is 2.56 bits per heavy atom. The van der Waals surface area contributed by atoms with Gasteiger partial charge in [-0.15, -0.1) is 0 Å². The number of ether oxygens (including phenoxy) is 1. The van der Waals surface area contributed by atoms with Gasteiger partial charge in [-0.1, -0.05) is 0 Å². The molecule has 0 aromatic carbocycles. The maximum absolute atomic E-state index is 11.5. The average molecular weight is 232 g/mol. The van der Waals surface area contributed by atoms with Crippen LogP contribution in [-0.2, 0) is 9.53 Å². The van der Waals surface area contributed by atoms with Crippen molar-refractivity contribution in [1.29, 1.82) is 0 Å². The van der Waals surface area contributed by atoms with Crippen LogP contribution in [0.3, 0.4) is 0 Å².